The predicted octanol–water partition coefficient (Wildman–Crippen LogP) is 3.41. The average Bonchev–Trinajstić information content (AvgIpc) is 3.31. The fourth-order valence-corrected chi connectivity index (χ4v) is 4.31. The number of aryl methyl sites for hydroxylation is 1. The second-order valence-electron chi connectivity index (χ2n) is 6.01. The number of amides is 1. The summed E-state index contributed by atoms with van der Waals surface area (Å²) >= 11 is 8.56. The summed E-state index contributed by atoms with van der Waals surface area (Å²) in [5.74, 6) is 1.08. The molecule has 9 nitrogen and oxygen atoms in total. The maximum Gasteiger partial charge on any atom is 0.287 e. The van der Waals surface area contributed by atoms with Crippen LogP contribution < -0.4 is 15.6 Å². The van der Waals surface area contributed by atoms with Gasteiger partial charge in [-0.1, -0.05) is 46.8 Å². The number of para-hydroxylation sites is 1. The standard InChI is InChI=1S/C18H14ClN5O4S2/c1-10-6-14-20-11(7-16(26)24(14)28-10)9-29-18-23-22-17(30-18)21-15(25)8-27-13-5-3-2-4-12(13)19/h2-7H,8-9H2,1H3,(H,21,22,25). The average molecular weight is 464 g/mol. The minimum atomic E-state index is -0.377. The molecule has 3 aromatic heterocycles. The van der Waals surface area contributed by atoms with Crippen LogP contribution >= 0.6 is 34.7 Å². The molecule has 3 heterocycles. The molecule has 0 aliphatic rings. The van der Waals surface area contributed by atoms with Crippen molar-refractivity contribution < 1.29 is 14.1 Å². The fraction of sp³-hybridized carbons (Fsp3) is 0.167. The highest BCUT2D eigenvalue weighted by atomic mass is 35.5. The third kappa shape index (κ3) is 4.81. The normalized spacial score (nSPS) is 11.0. The van der Waals surface area contributed by atoms with Crippen molar-refractivity contribution >= 4 is 51.4 Å². The third-order valence-corrected chi connectivity index (χ3v) is 6.03. The van der Waals surface area contributed by atoms with Crippen LogP contribution in [0.25, 0.3) is 5.65 Å². The molecule has 0 radical (unpaired) electrons. The van der Waals surface area contributed by atoms with Crippen molar-refractivity contribution in [1.29, 1.82) is 0 Å². The molecule has 0 fully saturated rings. The van der Waals surface area contributed by atoms with Crippen LogP contribution in [0.15, 0.2) is 50.1 Å². The van der Waals surface area contributed by atoms with Gasteiger partial charge in [0.25, 0.3) is 11.5 Å². The zero-order valence-corrected chi connectivity index (χ0v) is 17.9. The summed E-state index contributed by atoms with van der Waals surface area (Å²) < 4.78 is 12.4. The number of nitrogens with zero attached hydrogens (tertiary/aromatic N) is 4. The number of fused-ring (bicyclic) bond motifs is 1. The molecule has 0 spiro atoms. The molecule has 0 bridgehead atoms. The van der Waals surface area contributed by atoms with E-state index in [1.54, 1.807) is 37.3 Å². The van der Waals surface area contributed by atoms with Crippen molar-refractivity contribution in [2.75, 3.05) is 11.9 Å². The predicted molar refractivity (Wildman–Crippen MR) is 114 cm³/mol. The maximum atomic E-state index is 12.1. The molecule has 1 amide bonds. The smallest absolute Gasteiger partial charge is 0.287 e. The first-order valence-corrected chi connectivity index (χ1v) is 10.8. The van der Waals surface area contributed by atoms with Gasteiger partial charge in [0.2, 0.25) is 5.13 Å². The maximum absolute atomic E-state index is 12.1. The molecular weight excluding hydrogens is 450 g/mol. The van der Waals surface area contributed by atoms with E-state index >= 15 is 0 Å². The van der Waals surface area contributed by atoms with E-state index in [9.17, 15) is 9.59 Å². The van der Waals surface area contributed by atoms with Crippen LogP contribution in [0.4, 0.5) is 5.13 Å². The minimum absolute atomic E-state index is 0.205. The summed E-state index contributed by atoms with van der Waals surface area (Å²) in [6.07, 6.45) is 0. The van der Waals surface area contributed by atoms with Crippen LogP contribution in [0.5, 0.6) is 5.75 Å². The van der Waals surface area contributed by atoms with Gasteiger partial charge in [-0.25, -0.2) is 4.98 Å². The number of hydrogen-bond acceptors (Lipinski definition) is 9. The Morgan fingerprint density at radius 3 is 3.00 bits per heavy atom. The lowest BCUT2D eigenvalue weighted by atomic mass is 10.3. The van der Waals surface area contributed by atoms with Crippen LogP contribution in [0.1, 0.15) is 11.5 Å². The SMILES string of the molecule is Cc1cc2nc(CSc3nnc(NC(=O)COc4ccccc4Cl)s3)cc(=O)n2o1. The molecule has 1 aromatic carbocycles. The topological polar surface area (TPSA) is 112 Å². The summed E-state index contributed by atoms with van der Waals surface area (Å²) in [7, 11) is 0. The number of benzene rings is 1. The highest BCUT2D eigenvalue weighted by molar-refractivity contribution is 8.00. The molecule has 0 atom stereocenters. The fourth-order valence-electron chi connectivity index (χ4n) is 2.46. The Kier molecular flexibility index (Phi) is 6.02. The van der Waals surface area contributed by atoms with E-state index < -0.39 is 0 Å². The number of rotatable bonds is 7. The van der Waals surface area contributed by atoms with Gasteiger partial charge in [-0.15, -0.1) is 14.8 Å². The molecule has 4 rings (SSSR count). The van der Waals surface area contributed by atoms with Crippen molar-refractivity contribution in [3.8, 4) is 5.75 Å². The van der Waals surface area contributed by atoms with Gasteiger partial charge in [0.15, 0.2) is 16.6 Å². The number of carbonyl (C=O) groups excluding carboxylic acids is 1. The highest BCUT2D eigenvalue weighted by Crippen LogP contribution is 2.28. The first kappa shape index (κ1) is 20.4. The van der Waals surface area contributed by atoms with E-state index in [2.05, 4.69) is 20.5 Å². The molecule has 1 N–H and O–H groups in total. The van der Waals surface area contributed by atoms with E-state index in [1.807, 2.05) is 0 Å². The van der Waals surface area contributed by atoms with Crippen LogP contribution in [0.3, 0.4) is 0 Å². The molecule has 0 saturated carbocycles. The molecule has 0 aliphatic carbocycles. The van der Waals surface area contributed by atoms with Crippen molar-refractivity contribution in [3.63, 3.8) is 0 Å². The Balaban J connectivity index is 1.32. The van der Waals surface area contributed by atoms with E-state index in [4.69, 9.17) is 20.9 Å². The number of carbonyl (C=O) groups is 1. The second-order valence-corrected chi connectivity index (χ2v) is 8.62. The lowest BCUT2D eigenvalue weighted by molar-refractivity contribution is -0.118. The van der Waals surface area contributed by atoms with Crippen LogP contribution in [-0.4, -0.2) is 32.3 Å². The van der Waals surface area contributed by atoms with Crippen molar-refractivity contribution in [2.45, 2.75) is 17.0 Å². The van der Waals surface area contributed by atoms with Gasteiger partial charge >= 0.3 is 0 Å². The first-order chi connectivity index (χ1) is 14.5. The number of ether oxygens (including phenoxy) is 1. The summed E-state index contributed by atoms with van der Waals surface area (Å²) in [6.45, 7) is 1.54. The Labute approximate surface area is 183 Å². The molecule has 4 aromatic rings. The van der Waals surface area contributed by atoms with Gasteiger partial charge in [0.05, 0.1) is 10.7 Å². The van der Waals surface area contributed by atoms with Gasteiger partial charge < -0.3 is 9.26 Å². The van der Waals surface area contributed by atoms with Crippen molar-refractivity contribution in [2.24, 2.45) is 0 Å². The van der Waals surface area contributed by atoms with Gasteiger partial charge in [-0.05, 0) is 19.1 Å². The monoisotopic (exact) mass is 463 g/mol. The summed E-state index contributed by atoms with van der Waals surface area (Å²) in [5, 5.41) is 11.4. The van der Waals surface area contributed by atoms with E-state index in [0.717, 1.165) is 4.57 Å². The minimum Gasteiger partial charge on any atom is -0.482 e. The van der Waals surface area contributed by atoms with Crippen LogP contribution in [0.2, 0.25) is 5.02 Å². The lowest BCUT2D eigenvalue weighted by Gasteiger charge is -2.06. The Morgan fingerprint density at radius 2 is 2.17 bits per heavy atom. The number of aromatic nitrogens is 4. The van der Waals surface area contributed by atoms with E-state index in [0.29, 0.717) is 43.1 Å². The number of anilines is 1. The molecule has 30 heavy (non-hydrogen) atoms. The summed E-state index contributed by atoms with van der Waals surface area (Å²) in [5.41, 5.74) is 0.770. The number of thioether (sulfide) groups is 1. The Morgan fingerprint density at radius 1 is 1.33 bits per heavy atom. The molecular formula is C18H14ClN5O4S2. The first-order valence-electron chi connectivity index (χ1n) is 8.61. The third-order valence-electron chi connectivity index (χ3n) is 3.72. The number of halogens is 1. The molecule has 154 valence electrons. The quantitative estimate of drug-likeness (QED) is 0.328. The largest absolute Gasteiger partial charge is 0.482 e. The van der Waals surface area contributed by atoms with Crippen LogP contribution in [0, 0.1) is 6.92 Å². The summed E-state index contributed by atoms with van der Waals surface area (Å²) in [6, 6.07) is 10.0. The van der Waals surface area contributed by atoms with E-state index in [1.165, 1.54) is 29.2 Å². The molecule has 0 saturated heterocycles. The van der Waals surface area contributed by atoms with Crippen molar-refractivity contribution in [3.05, 3.63) is 63.2 Å². The Hall–Kier alpha value is -2.89. The Bertz CT molecular complexity index is 1270. The van der Waals surface area contributed by atoms with Gasteiger partial charge in [0.1, 0.15) is 11.5 Å². The summed E-state index contributed by atoms with van der Waals surface area (Å²) in [4.78, 5) is 28.5. The second kappa shape index (κ2) is 8.86. The van der Waals surface area contributed by atoms with Gasteiger partial charge in [-0.2, -0.15) is 0 Å². The number of nitrogens with one attached hydrogen (secondary N) is 1. The zero-order valence-electron chi connectivity index (χ0n) is 15.5. The van der Waals surface area contributed by atoms with Gasteiger partial charge in [0, 0.05) is 17.9 Å². The molecule has 0 unspecified atom stereocenters. The molecule has 0 aliphatic heterocycles. The van der Waals surface area contributed by atoms with Gasteiger partial charge in [-0.3, -0.25) is 14.9 Å². The zero-order chi connectivity index (χ0) is 21.1. The highest BCUT2D eigenvalue weighted by Gasteiger charge is 2.12. The van der Waals surface area contributed by atoms with Crippen LogP contribution in [-0.2, 0) is 10.5 Å². The van der Waals surface area contributed by atoms with E-state index in [-0.39, 0.29) is 18.1 Å². The van der Waals surface area contributed by atoms with Crippen molar-refractivity contribution in [1.82, 2.24) is 19.8 Å². The lowest BCUT2D eigenvalue weighted by Crippen LogP contribution is -2.20. The number of hydrogen-bond donors (Lipinski definition) is 1. The molecule has 12 heteroatoms.